The number of nitrogens with zero attached hydrogens (tertiary/aromatic N) is 2. The van der Waals surface area contributed by atoms with Crippen LogP contribution in [-0.4, -0.2) is 23.7 Å². The summed E-state index contributed by atoms with van der Waals surface area (Å²) in [5, 5.41) is 0. The van der Waals surface area contributed by atoms with E-state index in [1.165, 1.54) is 22.7 Å². The third-order valence-electron chi connectivity index (χ3n) is 3.58. The van der Waals surface area contributed by atoms with Crippen molar-refractivity contribution in [2.45, 2.75) is 6.54 Å². The van der Waals surface area contributed by atoms with Crippen LogP contribution in [0.2, 0.25) is 0 Å². The lowest BCUT2D eigenvalue weighted by Crippen LogP contribution is -2.17. The van der Waals surface area contributed by atoms with Crippen LogP contribution >= 0.6 is 38.6 Å². The number of halogens is 1. The van der Waals surface area contributed by atoms with Crippen molar-refractivity contribution in [3.8, 4) is 23.8 Å². The number of rotatable bonds is 2. The van der Waals surface area contributed by atoms with Crippen LogP contribution in [0.5, 0.6) is 11.5 Å². The Labute approximate surface area is 159 Å². The minimum atomic E-state index is -0.287. The van der Waals surface area contributed by atoms with Crippen LogP contribution in [0.1, 0.15) is 9.67 Å². The molecule has 5 nitrogen and oxygen atoms in total. The second-order valence-corrected chi connectivity index (χ2v) is 8.63. The number of ether oxygens (including phenoxy) is 2. The molecule has 0 radical (unpaired) electrons. The number of hydrogen-bond acceptors (Lipinski definition) is 5. The van der Waals surface area contributed by atoms with E-state index in [-0.39, 0.29) is 5.91 Å². The number of thiazole rings is 1. The van der Waals surface area contributed by atoms with Gasteiger partial charge < -0.3 is 14.0 Å². The second kappa shape index (κ2) is 6.67. The molecule has 25 heavy (non-hydrogen) atoms. The van der Waals surface area contributed by atoms with Gasteiger partial charge in [-0.25, -0.2) is 0 Å². The lowest BCUT2D eigenvalue weighted by atomic mass is 10.2. The minimum Gasteiger partial charge on any atom is -0.486 e. The molecular weight excluding hydrogens is 424 g/mol. The maximum absolute atomic E-state index is 12.4. The Hall–Kier alpha value is -2.08. The zero-order valence-corrected chi connectivity index (χ0v) is 16.0. The fourth-order valence-electron chi connectivity index (χ4n) is 2.51. The lowest BCUT2D eigenvalue weighted by molar-refractivity contribution is 0.100. The normalized spacial score (nSPS) is 13.8. The van der Waals surface area contributed by atoms with Gasteiger partial charge in [-0.3, -0.25) is 4.79 Å². The van der Waals surface area contributed by atoms with E-state index in [1.54, 1.807) is 6.07 Å². The minimum absolute atomic E-state index is 0.287. The van der Waals surface area contributed by atoms with Crippen molar-refractivity contribution < 1.29 is 14.3 Å². The van der Waals surface area contributed by atoms with Crippen molar-refractivity contribution >= 4 is 54.7 Å². The predicted molar refractivity (Wildman–Crippen MR) is 102 cm³/mol. The molecule has 8 heteroatoms. The number of fused-ring (bicyclic) bond motifs is 2. The number of benzene rings is 1. The van der Waals surface area contributed by atoms with Crippen LogP contribution in [0.25, 0.3) is 10.2 Å². The van der Waals surface area contributed by atoms with Crippen molar-refractivity contribution in [2.75, 3.05) is 13.2 Å². The van der Waals surface area contributed by atoms with E-state index in [4.69, 9.17) is 15.9 Å². The van der Waals surface area contributed by atoms with Gasteiger partial charge >= 0.3 is 0 Å². The summed E-state index contributed by atoms with van der Waals surface area (Å²) in [6.45, 7) is 1.36. The number of carbonyl (C=O) groups excluding carboxylic acids is 1. The topological polar surface area (TPSA) is 52.8 Å². The van der Waals surface area contributed by atoms with E-state index in [2.05, 4.69) is 26.8 Å². The number of aromatic nitrogens is 1. The van der Waals surface area contributed by atoms with Gasteiger partial charge in [-0.15, -0.1) is 17.8 Å². The third-order valence-corrected chi connectivity index (χ3v) is 6.23. The Balaban J connectivity index is 1.88. The zero-order chi connectivity index (χ0) is 17.4. The van der Waals surface area contributed by atoms with Gasteiger partial charge in [-0.1, -0.05) is 17.3 Å². The molecule has 0 saturated heterocycles. The molecule has 0 bridgehead atoms. The fraction of sp³-hybridized carbons (Fsp3) is 0.176. The van der Waals surface area contributed by atoms with Gasteiger partial charge in [-0.05, 0) is 28.1 Å². The van der Waals surface area contributed by atoms with Crippen LogP contribution < -0.4 is 14.3 Å². The molecule has 126 valence electrons. The molecule has 1 aliphatic heterocycles. The maximum atomic E-state index is 12.4. The molecule has 1 aromatic carbocycles. The molecule has 0 saturated carbocycles. The van der Waals surface area contributed by atoms with Gasteiger partial charge in [0, 0.05) is 12.1 Å². The third kappa shape index (κ3) is 3.11. The summed E-state index contributed by atoms with van der Waals surface area (Å²) in [5.41, 5.74) is 0.881. The molecular formula is C17H11BrN2O3S2. The van der Waals surface area contributed by atoms with Crippen LogP contribution in [0, 0.1) is 12.3 Å². The Morgan fingerprint density at radius 3 is 2.72 bits per heavy atom. The number of hydrogen-bond donors (Lipinski definition) is 0. The lowest BCUT2D eigenvalue weighted by Gasteiger charge is -2.18. The van der Waals surface area contributed by atoms with E-state index in [0.29, 0.717) is 40.9 Å². The molecule has 1 aliphatic rings. The first-order chi connectivity index (χ1) is 12.2. The number of amides is 1. The van der Waals surface area contributed by atoms with Crippen molar-refractivity contribution in [1.29, 1.82) is 0 Å². The van der Waals surface area contributed by atoms with E-state index in [1.807, 2.05) is 22.8 Å². The highest BCUT2D eigenvalue weighted by Crippen LogP contribution is 2.35. The van der Waals surface area contributed by atoms with E-state index in [9.17, 15) is 4.79 Å². The van der Waals surface area contributed by atoms with Crippen molar-refractivity contribution in [3.05, 3.63) is 37.7 Å². The van der Waals surface area contributed by atoms with Crippen LogP contribution in [-0.2, 0) is 6.54 Å². The Kier molecular flexibility index (Phi) is 4.37. The SMILES string of the molecule is C#CCn1c(=NC(=O)c2ccc(Br)s2)sc2cc3c(cc21)OCCO3. The summed E-state index contributed by atoms with van der Waals surface area (Å²) < 4.78 is 14.9. The number of thiophene rings is 1. The highest BCUT2D eigenvalue weighted by Gasteiger charge is 2.17. The standard InChI is InChI=1S/C17H11BrN2O3S2/c1-2-5-20-10-8-11-12(23-7-6-22-11)9-14(10)25-17(20)19-16(21)13-3-4-15(18)24-13/h1,3-4,8-9H,5-7H2. The first-order valence-corrected chi connectivity index (χ1v) is 9.79. The molecule has 0 fully saturated rings. The van der Waals surface area contributed by atoms with Gasteiger partial charge in [0.15, 0.2) is 16.3 Å². The monoisotopic (exact) mass is 434 g/mol. The molecule has 4 rings (SSSR count). The predicted octanol–water partition coefficient (Wildman–Crippen LogP) is 3.67. The largest absolute Gasteiger partial charge is 0.486 e. The molecule has 1 amide bonds. The highest BCUT2D eigenvalue weighted by atomic mass is 79.9. The Morgan fingerprint density at radius 2 is 2.04 bits per heavy atom. The Bertz CT molecular complexity index is 1090. The fourth-order valence-corrected chi connectivity index (χ4v) is 4.82. The van der Waals surface area contributed by atoms with Crippen molar-refractivity contribution in [1.82, 2.24) is 4.57 Å². The molecule has 0 atom stereocenters. The average molecular weight is 435 g/mol. The molecule has 2 aromatic heterocycles. The van der Waals surface area contributed by atoms with E-state index < -0.39 is 0 Å². The second-order valence-electron chi connectivity index (χ2n) is 5.16. The summed E-state index contributed by atoms with van der Waals surface area (Å²) in [7, 11) is 0. The van der Waals surface area contributed by atoms with E-state index in [0.717, 1.165) is 14.0 Å². The quantitative estimate of drug-likeness (QED) is 0.578. The summed E-state index contributed by atoms with van der Waals surface area (Å²) in [4.78, 5) is 17.8. The number of terminal acetylenes is 1. The van der Waals surface area contributed by atoms with Crippen LogP contribution in [0.15, 0.2) is 33.0 Å². The van der Waals surface area contributed by atoms with Gasteiger partial charge in [0.05, 0.1) is 25.4 Å². The first kappa shape index (κ1) is 16.4. The van der Waals surface area contributed by atoms with Gasteiger partial charge in [0.25, 0.3) is 5.91 Å². The van der Waals surface area contributed by atoms with Gasteiger partial charge in [0.2, 0.25) is 0 Å². The molecule has 0 N–H and O–H groups in total. The van der Waals surface area contributed by atoms with Crippen LogP contribution in [0.4, 0.5) is 0 Å². The molecule has 0 unspecified atom stereocenters. The summed E-state index contributed by atoms with van der Waals surface area (Å²) in [5.74, 6) is 3.72. The van der Waals surface area contributed by atoms with Gasteiger partial charge in [-0.2, -0.15) is 4.99 Å². The van der Waals surface area contributed by atoms with Crippen molar-refractivity contribution in [2.24, 2.45) is 4.99 Å². The van der Waals surface area contributed by atoms with E-state index >= 15 is 0 Å². The zero-order valence-electron chi connectivity index (χ0n) is 12.8. The smallest absolute Gasteiger partial charge is 0.289 e. The summed E-state index contributed by atoms with van der Waals surface area (Å²) >= 11 is 6.11. The van der Waals surface area contributed by atoms with Crippen molar-refractivity contribution in [3.63, 3.8) is 0 Å². The molecule has 3 heterocycles. The molecule has 0 aliphatic carbocycles. The molecule has 3 aromatic rings. The summed E-state index contributed by atoms with van der Waals surface area (Å²) in [6.07, 6.45) is 5.51. The van der Waals surface area contributed by atoms with Crippen LogP contribution in [0.3, 0.4) is 0 Å². The maximum Gasteiger partial charge on any atom is 0.289 e. The van der Waals surface area contributed by atoms with Gasteiger partial charge in [0.1, 0.15) is 13.2 Å². The highest BCUT2D eigenvalue weighted by molar-refractivity contribution is 9.11. The first-order valence-electron chi connectivity index (χ1n) is 7.36. The summed E-state index contributed by atoms with van der Waals surface area (Å²) in [6, 6.07) is 7.38. The average Bonchev–Trinajstić information content (AvgIpc) is 3.18. The molecule has 0 spiro atoms. The Morgan fingerprint density at radius 1 is 1.28 bits per heavy atom. The number of carbonyl (C=O) groups is 1.